The molecular formula is C16H19N3O3. The van der Waals surface area contributed by atoms with Crippen LogP contribution in [-0.4, -0.2) is 31.8 Å². The summed E-state index contributed by atoms with van der Waals surface area (Å²) < 4.78 is 9.64. The van der Waals surface area contributed by atoms with E-state index in [1.54, 1.807) is 25.4 Å². The molecule has 2 rings (SSSR count). The third-order valence-corrected chi connectivity index (χ3v) is 3.07. The molecule has 116 valence electrons. The summed E-state index contributed by atoms with van der Waals surface area (Å²) in [7, 11) is 2.97. The van der Waals surface area contributed by atoms with Gasteiger partial charge in [-0.25, -0.2) is 9.78 Å². The molecule has 0 saturated carbocycles. The fourth-order valence-electron chi connectivity index (χ4n) is 1.87. The number of nitrogens with zero attached hydrogens (tertiary/aromatic N) is 1. The first-order valence-electron chi connectivity index (χ1n) is 6.89. The van der Waals surface area contributed by atoms with Crippen LogP contribution in [0.3, 0.4) is 0 Å². The lowest BCUT2D eigenvalue weighted by atomic mass is 10.1. The van der Waals surface area contributed by atoms with Crippen molar-refractivity contribution in [1.29, 1.82) is 0 Å². The van der Waals surface area contributed by atoms with Crippen molar-refractivity contribution in [3.05, 3.63) is 48.2 Å². The van der Waals surface area contributed by atoms with Gasteiger partial charge in [-0.3, -0.25) is 5.32 Å². The standard InChI is InChI=1S/C16H19N3O3/c1-21-14-6-3-12(4-7-14)9-10-17-15-8-5-13(11-18-15)19-16(20)22-2/h3-8,11H,9-10H2,1-2H3,(H,17,18)(H,19,20). The third-order valence-electron chi connectivity index (χ3n) is 3.07. The van der Waals surface area contributed by atoms with Gasteiger partial charge in [-0.05, 0) is 36.2 Å². The summed E-state index contributed by atoms with van der Waals surface area (Å²) in [4.78, 5) is 15.3. The minimum atomic E-state index is -0.512. The highest BCUT2D eigenvalue weighted by atomic mass is 16.5. The van der Waals surface area contributed by atoms with E-state index < -0.39 is 6.09 Å². The average molecular weight is 301 g/mol. The summed E-state index contributed by atoms with van der Waals surface area (Å²) in [5, 5.41) is 5.78. The minimum Gasteiger partial charge on any atom is -0.497 e. The van der Waals surface area contributed by atoms with Gasteiger partial charge in [-0.15, -0.1) is 0 Å². The molecule has 2 N–H and O–H groups in total. The number of carbonyl (C=O) groups is 1. The zero-order valence-electron chi connectivity index (χ0n) is 12.6. The molecule has 0 bridgehead atoms. The quantitative estimate of drug-likeness (QED) is 0.858. The van der Waals surface area contributed by atoms with Crippen molar-refractivity contribution in [2.45, 2.75) is 6.42 Å². The molecule has 0 aliphatic heterocycles. The first-order chi connectivity index (χ1) is 10.7. The van der Waals surface area contributed by atoms with Crippen molar-refractivity contribution in [3.63, 3.8) is 0 Å². The number of pyridine rings is 1. The van der Waals surface area contributed by atoms with Crippen molar-refractivity contribution >= 4 is 17.6 Å². The van der Waals surface area contributed by atoms with E-state index in [0.29, 0.717) is 5.69 Å². The van der Waals surface area contributed by atoms with Gasteiger partial charge in [0.05, 0.1) is 26.1 Å². The topological polar surface area (TPSA) is 72.5 Å². The van der Waals surface area contributed by atoms with Crippen molar-refractivity contribution in [2.24, 2.45) is 0 Å². The van der Waals surface area contributed by atoms with E-state index in [2.05, 4.69) is 20.4 Å². The third kappa shape index (κ3) is 4.66. The summed E-state index contributed by atoms with van der Waals surface area (Å²) in [6.45, 7) is 0.767. The molecule has 1 aromatic carbocycles. The molecule has 0 atom stereocenters. The summed E-state index contributed by atoms with van der Waals surface area (Å²) >= 11 is 0. The second-order valence-electron chi connectivity index (χ2n) is 4.57. The minimum absolute atomic E-state index is 0.512. The highest BCUT2D eigenvalue weighted by Gasteiger charge is 2.01. The Kier molecular flexibility index (Phi) is 5.59. The predicted octanol–water partition coefficient (Wildman–Crippen LogP) is 2.92. The number of hydrogen-bond acceptors (Lipinski definition) is 5. The van der Waals surface area contributed by atoms with E-state index in [1.165, 1.54) is 12.7 Å². The molecule has 0 aliphatic carbocycles. The highest BCUT2D eigenvalue weighted by molar-refractivity contribution is 5.84. The molecule has 22 heavy (non-hydrogen) atoms. The van der Waals surface area contributed by atoms with E-state index in [1.807, 2.05) is 24.3 Å². The van der Waals surface area contributed by atoms with E-state index in [9.17, 15) is 4.79 Å². The van der Waals surface area contributed by atoms with Gasteiger partial charge in [0.15, 0.2) is 0 Å². The maximum absolute atomic E-state index is 11.1. The Bertz CT molecular complexity index is 597. The van der Waals surface area contributed by atoms with Gasteiger partial charge in [0.2, 0.25) is 0 Å². The second kappa shape index (κ2) is 7.87. The fourth-order valence-corrected chi connectivity index (χ4v) is 1.87. The number of ether oxygens (including phenoxy) is 2. The molecule has 1 amide bonds. The summed E-state index contributed by atoms with van der Waals surface area (Å²) in [6.07, 6.45) is 1.95. The number of amides is 1. The molecule has 6 heteroatoms. The number of nitrogens with one attached hydrogen (secondary N) is 2. The Hall–Kier alpha value is -2.76. The Morgan fingerprint density at radius 2 is 1.91 bits per heavy atom. The smallest absolute Gasteiger partial charge is 0.411 e. The molecular weight excluding hydrogens is 282 g/mol. The van der Waals surface area contributed by atoms with Crippen LogP contribution in [0.15, 0.2) is 42.6 Å². The van der Waals surface area contributed by atoms with Gasteiger partial charge in [-0.1, -0.05) is 12.1 Å². The van der Waals surface area contributed by atoms with E-state index in [4.69, 9.17) is 4.74 Å². The molecule has 2 aromatic rings. The number of carbonyl (C=O) groups excluding carboxylic acids is 1. The lowest BCUT2D eigenvalue weighted by Gasteiger charge is -2.08. The Labute approximate surface area is 129 Å². The van der Waals surface area contributed by atoms with Crippen LogP contribution in [0.1, 0.15) is 5.56 Å². The zero-order valence-corrected chi connectivity index (χ0v) is 12.6. The van der Waals surface area contributed by atoms with Crippen molar-refractivity contribution < 1.29 is 14.3 Å². The van der Waals surface area contributed by atoms with Gasteiger partial charge < -0.3 is 14.8 Å². The number of rotatable bonds is 6. The number of anilines is 2. The number of benzene rings is 1. The van der Waals surface area contributed by atoms with Crippen LogP contribution in [0.2, 0.25) is 0 Å². The Morgan fingerprint density at radius 1 is 1.14 bits per heavy atom. The largest absolute Gasteiger partial charge is 0.497 e. The molecule has 0 fully saturated rings. The molecule has 1 aromatic heterocycles. The van der Waals surface area contributed by atoms with Crippen LogP contribution in [0.25, 0.3) is 0 Å². The summed E-state index contributed by atoms with van der Waals surface area (Å²) in [5.41, 5.74) is 1.81. The molecule has 0 radical (unpaired) electrons. The average Bonchev–Trinajstić information content (AvgIpc) is 2.57. The van der Waals surface area contributed by atoms with E-state index in [0.717, 1.165) is 24.5 Å². The van der Waals surface area contributed by atoms with Gasteiger partial charge in [0, 0.05) is 6.54 Å². The van der Waals surface area contributed by atoms with Crippen molar-refractivity contribution in [2.75, 3.05) is 31.4 Å². The predicted molar refractivity (Wildman–Crippen MR) is 85.5 cm³/mol. The normalized spacial score (nSPS) is 9.91. The summed E-state index contributed by atoms with van der Waals surface area (Å²) in [5.74, 6) is 1.61. The van der Waals surface area contributed by atoms with Gasteiger partial charge in [-0.2, -0.15) is 0 Å². The van der Waals surface area contributed by atoms with E-state index >= 15 is 0 Å². The Morgan fingerprint density at radius 3 is 2.50 bits per heavy atom. The highest BCUT2D eigenvalue weighted by Crippen LogP contribution is 2.13. The fraction of sp³-hybridized carbons (Fsp3) is 0.250. The molecule has 0 saturated heterocycles. The maximum atomic E-state index is 11.1. The first kappa shape index (κ1) is 15.6. The lowest BCUT2D eigenvalue weighted by molar-refractivity contribution is 0.187. The van der Waals surface area contributed by atoms with Crippen LogP contribution in [0.4, 0.5) is 16.3 Å². The van der Waals surface area contributed by atoms with Crippen LogP contribution in [0, 0.1) is 0 Å². The molecule has 1 heterocycles. The second-order valence-corrected chi connectivity index (χ2v) is 4.57. The molecule has 0 unspecified atom stereocenters. The molecule has 0 spiro atoms. The summed E-state index contributed by atoms with van der Waals surface area (Å²) in [6, 6.07) is 11.5. The van der Waals surface area contributed by atoms with Gasteiger partial charge in [0.1, 0.15) is 11.6 Å². The first-order valence-corrected chi connectivity index (χ1v) is 6.89. The van der Waals surface area contributed by atoms with Crippen LogP contribution >= 0.6 is 0 Å². The monoisotopic (exact) mass is 301 g/mol. The van der Waals surface area contributed by atoms with Gasteiger partial charge >= 0.3 is 6.09 Å². The van der Waals surface area contributed by atoms with Gasteiger partial charge in [0.25, 0.3) is 0 Å². The number of methoxy groups -OCH3 is 2. The zero-order chi connectivity index (χ0) is 15.8. The van der Waals surface area contributed by atoms with Crippen LogP contribution in [0.5, 0.6) is 5.75 Å². The van der Waals surface area contributed by atoms with Crippen molar-refractivity contribution in [1.82, 2.24) is 4.98 Å². The SMILES string of the molecule is COC(=O)Nc1ccc(NCCc2ccc(OC)cc2)nc1. The van der Waals surface area contributed by atoms with Crippen LogP contribution < -0.4 is 15.4 Å². The molecule has 6 nitrogen and oxygen atoms in total. The Balaban J connectivity index is 1.80. The number of aromatic nitrogens is 1. The number of hydrogen-bond donors (Lipinski definition) is 2. The lowest BCUT2D eigenvalue weighted by Crippen LogP contribution is -2.11. The van der Waals surface area contributed by atoms with Crippen LogP contribution in [-0.2, 0) is 11.2 Å². The van der Waals surface area contributed by atoms with Crippen molar-refractivity contribution in [3.8, 4) is 5.75 Å². The van der Waals surface area contributed by atoms with E-state index in [-0.39, 0.29) is 0 Å². The maximum Gasteiger partial charge on any atom is 0.411 e. The molecule has 0 aliphatic rings.